The van der Waals surface area contributed by atoms with Crippen LogP contribution in [0, 0.1) is 12.7 Å². The van der Waals surface area contributed by atoms with Gasteiger partial charge in [0, 0.05) is 24.7 Å². The Morgan fingerprint density at radius 1 is 1.38 bits per heavy atom. The summed E-state index contributed by atoms with van der Waals surface area (Å²) in [6.45, 7) is 5.80. The molecule has 1 atom stereocenters. The molecule has 0 amide bonds. The Labute approximate surface area is 125 Å². The van der Waals surface area contributed by atoms with Crippen LogP contribution in [0.1, 0.15) is 43.6 Å². The summed E-state index contributed by atoms with van der Waals surface area (Å²) in [6, 6.07) is 4.83. The number of halogens is 1. The van der Waals surface area contributed by atoms with Gasteiger partial charge in [-0.2, -0.15) is 0 Å². The van der Waals surface area contributed by atoms with Crippen molar-refractivity contribution >= 4 is 11.0 Å². The molecule has 1 aromatic carbocycles. The molecule has 0 saturated carbocycles. The van der Waals surface area contributed by atoms with Gasteiger partial charge in [-0.25, -0.2) is 4.39 Å². The normalized spacial score (nSPS) is 13.0. The number of benzene rings is 1. The third kappa shape index (κ3) is 3.83. The van der Waals surface area contributed by atoms with Crippen LogP contribution in [-0.2, 0) is 4.74 Å². The molecule has 1 unspecified atom stereocenters. The summed E-state index contributed by atoms with van der Waals surface area (Å²) in [4.78, 5) is 0. The molecule has 1 aromatic heterocycles. The van der Waals surface area contributed by atoms with Crippen LogP contribution >= 0.6 is 0 Å². The van der Waals surface area contributed by atoms with Crippen molar-refractivity contribution < 1.29 is 13.5 Å². The van der Waals surface area contributed by atoms with Gasteiger partial charge in [-0.1, -0.05) is 6.92 Å². The summed E-state index contributed by atoms with van der Waals surface area (Å²) in [5.41, 5.74) is 1.77. The summed E-state index contributed by atoms with van der Waals surface area (Å²) in [6.07, 6.45) is 2.97. The van der Waals surface area contributed by atoms with E-state index < -0.39 is 0 Å². The van der Waals surface area contributed by atoms with Crippen LogP contribution in [-0.4, -0.2) is 20.3 Å². The number of furan rings is 1. The highest BCUT2D eigenvalue weighted by Gasteiger charge is 2.20. The molecule has 0 aliphatic heterocycles. The first-order valence-corrected chi connectivity index (χ1v) is 7.58. The standard InChI is InChI=1S/C17H24FNO2/c1-4-9-19-15(6-5-10-20-3)17-12(2)14-11-13(18)7-8-16(14)21-17/h7-8,11,15,19H,4-6,9-10H2,1-3H3. The molecule has 1 heterocycles. The number of nitrogens with one attached hydrogen (secondary N) is 1. The summed E-state index contributed by atoms with van der Waals surface area (Å²) >= 11 is 0. The number of hydrogen-bond acceptors (Lipinski definition) is 3. The van der Waals surface area contributed by atoms with Crippen LogP contribution < -0.4 is 5.32 Å². The summed E-state index contributed by atoms with van der Waals surface area (Å²) in [5, 5.41) is 4.38. The SMILES string of the molecule is CCCNC(CCCOC)c1oc2ccc(F)cc2c1C. The van der Waals surface area contributed by atoms with Gasteiger partial charge in [0.05, 0.1) is 6.04 Å². The Morgan fingerprint density at radius 2 is 2.19 bits per heavy atom. The zero-order valence-corrected chi connectivity index (χ0v) is 13.0. The topological polar surface area (TPSA) is 34.4 Å². The molecule has 0 saturated heterocycles. The maximum atomic E-state index is 13.4. The van der Waals surface area contributed by atoms with Gasteiger partial charge in [0.2, 0.25) is 0 Å². The minimum Gasteiger partial charge on any atom is -0.459 e. The lowest BCUT2D eigenvalue weighted by atomic mass is 10.0. The molecule has 0 radical (unpaired) electrons. The molecule has 2 aromatic rings. The molecular weight excluding hydrogens is 269 g/mol. The molecule has 1 N–H and O–H groups in total. The largest absolute Gasteiger partial charge is 0.459 e. The quantitative estimate of drug-likeness (QED) is 0.735. The van der Waals surface area contributed by atoms with E-state index in [1.165, 1.54) is 6.07 Å². The molecule has 3 nitrogen and oxygen atoms in total. The number of aryl methyl sites for hydroxylation is 1. The second-order valence-electron chi connectivity index (χ2n) is 5.37. The monoisotopic (exact) mass is 293 g/mol. The van der Waals surface area contributed by atoms with Gasteiger partial charge in [-0.15, -0.1) is 0 Å². The second-order valence-corrected chi connectivity index (χ2v) is 5.37. The van der Waals surface area contributed by atoms with E-state index in [0.717, 1.165) is 54.7 Å². The van der Waals surface area contributed by atoms with Gasteiger partial charge >= 0.3 is 0 Å². The van der Waals surface area contributed by atoms with E-state index in [1.54, 1.807) is 19.2 Å². The summed E-state index contributed by atoms with van der Waals surface area (Å²) in [7, 11) is 1.71. The predicted molar refractivity (Wildman–Crippen MR) is 83.1 cm³/mol. The first kappa shape index (κ1) is 16.0. The highest BCUT2D eigenvalue weighted by molar-refractivity contribution is 5.82. The molecule has 0 spiro atoms. The van der Waals surface area contributed by atoms with Gasteiger partial charge in [0.1, 0.15) is 17.2 Å². The fraction of sp³-hybridized carbons (Fsp3) is 0.529. The minimum absolute atomic E-state index is 0.149. The molecule has 0 aliphatic rings. The van der Waals surface area contributed by atoms with E-state index in [1.807, 2.05) is 6.92 Å². The van der Waals surface area contributed by atoms with Crippen molar-refractivity contribution in [3.63, 3.8) is 0 Å². The minimum atomic E-state index is -0.226. The first-order valence-electron chi connectivity index (χ1n) is 7.58. The molecule has 4 heteroatoms. The lowest BCUT2D eigenvalue weighted by Gasteiger charge is -2.17. The lowest BCUT2D eigenvalue weighted by molar-refractivity contribution is 0.187. The van der Waals surface area contributed by atoms with Crippen molar-refractivity contribution in [1.82, 2.24) is 5.32 Å². The second kappa shape index (κ2) is 7.57. The van der Waals surface area contributed by atoms with Gasteiger partial charge in [0.15, 0.2) is 0 Å². The van der Waals surface area contributed by atoms with E-state index in [2.05, 4.69) is 12.2 Å². The fourth-order valence-electron chi connectivity index (χ4n) is 2.62. The van der Waals surface area contributed by atoms with Gasteiger partial charge in [0.25, 0.3) is 0 Å². The van der Waals surface area contributed by atoms with Crippen LogP contribution in [0.25, 0.3) is 11.0 Å². The summed E-state index contributed by atoms with van der Waals surface area (Å²) < 4.78 is 24.5. The van der Waals surface area contributed by atoms with E-state index in [0.29, 0.717) is 0 Å². The Bertz CT molecular complexity index is 579. The van der Waals surface area contributed by atoms with Gasteiger partial charge < -0.3 is 14.5 Å². The predicted octanol–water partition coefficient (Wildman–Crippen LogP) is 4.35. The highest BCUT2D eigenvalue weighted by Crippen LogP contribution is 2.32. The Balaban J connectivity index is 2.27. The Kier molecular flexibility index (Phi) is 5.76. The zero-order valence-electron chi connectivity index (χ0n) is 13.0. The molecule has 0 aliphatic carbocycles. The number of ether oxygens (including phenoxy) is 1. The lowest BCUT2D eigenvalue weighted by Crippen LogP contribution is -2.22. The van der Waals surface area contributed by atoms with Gasteiger partial charge in [-0.3, -0.25) is 0 Å². The number of methoxy groups -OCH3 is 1. The van der Waals surface area contributed by atoms with Crippen molar-refractivity contribution in [3.05, 3.63) is 35.3 Å². The van der Waals surface area contributed by atoms with E-state index in [4.69, 9.17) is 9.15 Å². The highest BCUT2D eigenvalue weighted by atomic mass is 19.1. The smallest absolute Gasteiger partial charge is 0.134 e. The van der Waals surface area contributed by atoms with Crippen molar-refractivity contribution in [2.75, 3.05) is 20.3 Å². The van der Waals surface area contributed by atoms with Crippen LogP contribution in [0.2, 0.25) is 0 Å². The van der Waals surface area contributed by atoms with E-state index in [-0.39, 0.29) is 11.9 Å². The summed E-state index contributed by atoms with van der Waals surface area (Å²) in [5.74, 6) is 0.690. The van der Waals surface area contributed by atoms with E-state index in [9.17, 15) is 4.39 Å². The number of hydrogen-bond donors (Lipinski definition) is 1. The van der Waals surface area contributed by atoms with E-state index >= 15 is 0 Å². The Hall–Kier alpha value is -1.39. The average Bonchev–Trinajstić information content (AvgIpc) is 2.80. The van der Waals surface area contributed by atoms with Crippen molar-refractivity contribution in [1.29, 1.82) is 0 Å². The molecule has 0 bridgehead atoms. The van der Waals surface area contributed by atoms with Crippen molar-refractivity contribution in [2.24, 2.45) is 0 Å². The third-order valence-electron chi connectivity index (χ3n) is 3.73. The maximum Gasteiger partial charge on any atom is 0.134 e. The van der Waals surface area contributed by atoms with Crippen LogP contribution in [0.15, 0.2) is 22.6 Å². The number of rotatable bonds is 8. The Morgan fingerprint density at radius 3 is 2.90 bits per heavy atom. The molecule has 21 heavy (non-hydrogen) atoms. The first-order chi connectivity index (χ1) is 10.2. The van der Waals surface area contributed by atoms with Crippen molar-refractivity contribution in [3.8, 4) is 0 Å². The molecule has 0 fully saturated rings. The number of fused-ring (bicyclic) bond motifs is 1. The van der Waals surface area contributed by atoms with Crippen LogP contribution in [0.5, 0.6) is 0 Å². The van der Waals surface area contributed by atoms with Crippen LogP contribution in [0.3, 0.4) is 0 Å². The van der Waals surface area contributed by atoms with Gasteiger partial charge in [-0.05, 0) is 50.9 Å². The molecule has 2 rings (SSSR count). The van der Waals surface area contributed by atoms with Crippen molar-refractivity contribution in [2.45, 2.75) is 39.2 Å². The average molecular weight is 293 g/mol. The molecule has 116 valence electrons. The molecular formula is C17H24FNO2. The van der Waals surface area contributed by atoms with Crippen LogP contribution in [0.4, 0.5) is 4.39 Å². The third-order valence-corrected chi connectivity index (χ3v) is 3.73. The fourth-order valence-corrected chi connectivity index (χ4v) is 2.62. The maximum absolute atomic E-state index is 13.4. The zero-order chi connectivity index (χ0) is 15.2.